The van der Waals surface area contributed by atoms with Gasteiger partial charge in [0.15, 0.2) is 11.8 Å². The Morgan fingerprint density at radius 3 is 2.46 bits per heavy atom. The Hall–Kier alpha value is -2.70. The lowest BCUT2D eigenvalue weighted by Crippen LogP contribution is -2.38. The number of carbonyl (C=O) groups excluding carboxylic acids is 2. The molecular weight excluding hydrogens is 361 g/mol. The predicted molar refractivity (Wildman–Crippen MR) is 101 cm³/mol. The van der Waals surface area contributed by atoms with E-state index in [0.717, 1.165) is 62.9 Å². The molecule has 0 bridgehead atoms. The summed E-state index contributed by atoms with van der Waals surface area (Å²) in [4.78, 5) is 27.0. The van der Waals surface area contributed by atoms with E-state index in [1.54, 1.807) is 28.6 Å². The maximum Gasteiger partial charge on any atom is 0.359 e. The van der Waals surface area contributed by atoms with Crippen molar-refractivity contribution in [1.82, 2.24) is 14.7 Å². The van der Waals surface area contributed by atoms with Crippen LogP contribution in [-0.4, -0.2) is 45.8 Å². The van der Waals surface area contributed by atoms with Gasteiger partial charge in [0.05, 0.1) is 5.69 Å². The van der Waals surface area contributed by atoms with Gasteiger partial charge in [0.1, 0.15) is 5.82 Å². The molecule has 1 aliphatic heterocycles. The number of aromatic nitrogens is 2. The fourth-order valence-electron chi connectivity index (χ4n) is 4.02. The van der Waals surface area contributed by atoms with Gasteiger partial charge >= 0.3 is 5.97 Å². The van der Waals surface area contributed by atoms with Crippen molar-refractivity contribution in [3.05, 3.63) is 47.0 Å². The fourth-order valence-corrected chi connectivity index (χ4v) is 4.02. The lowest BCUT2D eigenvalue weighted by atomic mass is 9.95. The lowest BCUT2D eigenvalue weighted by Gasteiger charge is -2.20. The molecule has 1 aromatic heterocycles. The summed E-state index contributed by atoms with van der Waals surface area (Å²) in [6.07, 6.45) is 4.68. The Morgan fingerprint density at radius 1 is 1.07 bits per heavy atom. The quantitative estimate of drug-likeness (QED) is 0.759. The fraction of sp³-hybridized carbons (Fsp3) is 0.476. The standard InChI is InChI=1S/C21H24FN3O3/c1-14(20(26)24-12-4-5-13-24)28-21(27)19-17-6-2-3-7-18(17)25(23-19)16-10-8-15(22)9-11-16/h8-11,14H,2-7,12-13H2,1H3. The molecule has 4 rings (SSSR count). The molecule has 1 fully saturated rings. The normalized spacial score (nSPS) is 17.3. The van der Waals surface area contributed by atoms with Gasteiger partial charge < -0.3 is 9.64 Å². The van der Waals surface area contributed by atoms with Gasteiger partial charge in [0.2, 0.25) is 0 Å². The van der Waals surface area contributed by atoms with Crippen LogP contribution in [0.2, 0.25) is 0 Å². The van der Waals surface area contributed by atoms with Gasteiger partial charge in [-0.15, -0.1) is 0 Å². The molecule has 28 heavy (non-hydrogen) atoms. The maximum absolute atomic E-state index is 13.3. The molecular formula is C21H24FN3O3. The molecule has 1 amide bonds. The summed E-state index contributed by atoms with van der Waals surface area (Å²) in [6, 6.07) is 6.04. The second-order valence-electron chi connectivity index (χ2n) is 7.45. The highest BCUT2D eigenvalue weighted by molar-refractivity contribution is 5.92. The van der Waals surface area contributed by atoms with Crippen molar-refractivity contribution in [3.8, 4) is 5.69 Å². The largest absolute Gasteiger partial charge is 0.448 e. The molecule has 1 aromatic carbocycles. The molecule has 148 valence electrons. The van der Waals surface area contributed by atoms with Crippen LogP contribution in [-0.2, 0) is 22.4 Å². The maximum atomic E-state index is 13.3. The van der Waals surface area contributed by atoms with E-state index in [4.69, 9.17) is 4.74 Å². The number of benzene rings is 1. The average Bonchev–Trinajstić information content (AvgIpc) is 3.36. The van der Waals surface area contributed by atoms with Crippen LogP contribution in [0.25, 0.3) is 5.69 Å². The SMILES string of the molecule is CC(OC(=O)c1nn(-c2ccc(F)cc2)c2c1CCCC2)C(=O)N1CCCC1. The number of amides is 1. The van der Waals surface area contributed by atoms with Crippen molar-refractivity contribution in [3.63, 3.8) is 0 Å². The van der Waals surface area contributed by atoms with Gasteiger partial charge in [0.25, 0.3) is 5.91 Å². The van der Waals surface area contributed by atoms with Crippen LogP contribution in [0, 0.1) is 5.82 Å². The predicted octanol–water partition coefficient (Wildman–Crippen LogP) is 3.06. The molecule has 0 saturated carbocycles. The van der Waals surface area contributed by atoms with E-state index in [2.05, 4.69) is 5.10 Å². The first-order chi connectivity index (χ1) is 13.5. The summed E-state index contributed by atoms with van der Waals surface area (Å²) in [5.74, 6) is -1.05. The number of likely N-dealkylation sites (tertiary alicyclic amines) is 1. The van der Waals surface area contributed by atoms with Crippen molar-refractivity contribution < 1.29 is 18.7 Å². The van der Waals surface area contributed by atoms with Crippen LogP contribution in [0.15, 0.2) is 24.3 Å². The molecule has 0 N–H and O–H groups in total. The van der Waals surface area contributed by atoms with Gasteiger partial charge in [-0.05, 0) is 69.7 Å². The number of halogens is 1. The zero-order valence-corrected chi connectivity index (χ0v) is 16.0. The molecule has 0 radical (unpaired) electrons. The molecule has 1 unspecified atom stereocenters. The summed E-state index contributed by atoms with van der Waals surface area (Å²) in [5, 5.41) is 4.50. The van der Waals surface area contributed by atoms with Crippen molar-refractivity contribution >= 4 is 11.9 Å². The molecule has 1 atom stereocenters. The monoisotopic (exact) mass is 385 g/mol. The Labute approximate surface area is 163 Å². The second-order valence-corrected chi connectivity index (χ2v) is 7.45. The summed E-state index contributed by atoms with van der Waals surface area (Å²) in [5.41, 5.74) is 2.81. The first-order valence-corrected chi connectivity index (χ1v) is 9.91. The van der Waals surface area contributed by atoms with E-state index in [1.165, 1.54) is 12.1 Å². The van der Waals surface area contributed by atoms with Gasteiger partial charge in [-0.3, -0.25) is 4.79 Å². The highest BCUT2D eigenvalue weighted by Gasteiger charge is 2.30. The summed E-state index contributed by atoms with van der Waals surface area (Å²) in [7, 11) is 0. The van der Waals surface area contributed by atoms with Gasteiger partial charge in [-0.2, -0.15) is 5.10 Å². The van der Waals surface area contributed by atoms with E-state index >= 15 is 0 Å². The summed E-state index contributed by atoms with van der Waals surface area (Å²) < 4.78 is 20.5. The molecule has 7 heteroatoms. The second kappa shape index (κ2) is 7.73. The van der Waals surface area contributed by atoms with Gasteiger partial charge in [-0.25, -0.2) is 13.9 Å². The number of ether oxygens (including phenoxy) is 1. The van der Waals surface area contributed by atoms with Gasteiger partial charge in [-0.1, -0.05) is 0 Å². The minimum absolute atomic E-state index is 0.155. The van der Waals surface area contributed by atoms with Crippen LogP contribution in [0.1, 0.15) is 54.4 Å². The molecule has 0 spiro atoms. The Kier molecular flexibility index (Phi) is 5.15. The Morgan fingerprint density at radius 2 is 1.75 bits per heavy atom. The first kappa shape index (κ1) is 18.7. The summed E-state index contributed by atoms with van der Waals surface area (Å²) >= 11 is 0. The highest BCUT2D eigenvalue weighted by atomic mass is 19.1. The van der Waals surface area contributed by atoms with Crippen LogP contribution in [0.5, 0.6) is 0 Å². The van der Waals surface area contributed by atoms with E-state index in [-0.39, 0.29) is 17.4 Å². The lowest BCUT2D eigenvalue weighted by molar-refractivity contribution is -0.138. The molecule has 2 aliphatic rings. The zero-order chi connectivity index (χ0) is 19.7. The number of carbonyl (C=O) groups is 2. The molecule has 2 aromatic rings. The number of esters is 1. The number of hydrogen-bond acceptors (Lipinski definition) is 4. The molecule has 2 heterocycles. The van der Waals surface area contributed by atoms with Gasteiger partial charge in [0, 0.05) is 24.3 Å². The minimum Gasteiger partial charge on any atom is -0.448 e. The Balaban J connectivity index is 1.59. The van der Waals surface area contributed by atoms with E-state index < -0.39 is 12.1 Å². The zero-order valence-electron chi connectivity index (χ0n) is 16.0. The van der Waals surface area contributed by atoms with E-state index in [0.29, 0.717) is 5.69 Å². The average molecular weight is 385 g/mol. The topological polar surface area (TPSA) is 64.4 Å². The molecule has 1 aliphatic carbocycles. The van der Waals surface area contributed by atoms with Crippen LogP contribution < -0.4 is 0 Å². The minimum atomic E-state index is -0.833. The van der Waals surface area contributed by atoms with E-state index in [9.17, 15) is 14.0 Å². The number of nitrogens with zero attached hydrogens (tertiary/aromatic N) is 3. The first-order valence-electron chi connectivity index (χ1n) is 9.91. The molecule has 6 nitrogen and oxygen atoms in total. The summed E-state index contributed by atoms with van der Waals surface area (Å²) in [6.45, 7) is 3.05. The number of rotatable bonds is 4. The third-order valence-electron chi connectivity index (χ3n) is 5.49. The van der Waals surface area contributed by atoms with Crippen molar-refractivity contribution in [2.75, 3.05) is 13.1 Å². The van der Waals surface area contributed by atoms with Crippen molar-refractivity contribution in [2.24, 2.45) is 0 Å². The number of hydrogen-bond donors (Lipinski definition) is 0. The number of fused-ring (bicyclic) bond motifs is 1. The van der Waals surface area contributed by atoms with Crippen molar-refractivity contribution in [1.29, 1.82) is 0 Å². The van der Waals surface area contributed by atoms with Crippen molar-refractivity contribution in [2.45, 2.75) is 51.6 Å². The van der Waals surface area contributed by atoms with Crippen LogP contribution in [0.3, 0.4) is 0 Å². The smallest absolute Gasteiger partial charge is 0.359 e. The van der Waals surface area contributed by atoms with Crippen LogP contribution >= 0.6 is 0 Å². The Bertz CT molecular complexity index is 885. The van der Waals surface area contributed by atoms with Crippen LogP contribution in [0.4, 0.5) is 4.39 Å². The third-order valence-corrected chi connectivity index (χ3v) is 5.49. The highest BCUT2D eigenvalue weighted by Crippen LogP contribution is 2.28. The van der Waals surface area contributed by atoms with E-state index in [1.807, 2.05) is 0 Å². The third kappa shape index (κ3) is 3.53. The molecule has 1 saturated heterocycles.